The van der Waals surface area contributed by atoms with Gasteiger partial charge in [-0.3, -0.25) is 19.3 Å². The first-order chi connectivity index (χ1) is 19.9. The Hall–Kier alpha value is -2.36. The molecule has 4 unspecified atom stereocenters. The van der Waals surface area contributed by atoms with Crippen LogP contribution in [0.2, 0.25) is 0 Å². The minimum atomic E-state index is -1.12. The Balaban J connectivity index is 1.27. The third-order valence-electron chi connectivity index (χ3n) is 10.1. The standard InChI is InChI=1S/C32H44N4O4S/c1-3-23-13-7-8-17-35(23)18-19-36-28(30(38)33-21-10-5-4-6-11-21)32-16-15-25(40-32)26(27(32)31(36)39)29(37)34-22-12-9-14-24(20-22)41-2/h9,12,14-16,20-21,23,25-28H,3-8,10-11,13,17-19H2,1-2H3,(H,33,38)(H,34,37)/t23?,25-,26?,27-,28?,32?/m1/s1. The summed E-state index contributed by atoms with van der Waals surface area (Å²) in [6, 6.07) is 7.58. The smallest absolute Gasteiger partial charge is 0.246 e. The number of nitrogens with zero attached hydrogens (tertiary/aromatic N) is 2. The highest BCUT2D eigenvalue weighted by Crippen LogP contribution is 2.55. The van der Waals surface area contributed by atoms with Crippen LogP contribution in [0, 0.1) is 11.8 Å². The first kappa shape index (κ1) is 28.7. The van der Waals surface area contributed by atoms with Gasteiger partial charge in [0.15, 0.2) is 0 Å². The molecule has 222 valence electrons. The van der Waals surface area contributed by atoms with E-state index in [0.717, 1.165) is 56.5 Å². The van der Waals surface area contributed by atoms with Crippen LogP contribution in [0.15, 0.2) is 41.3 Å². The average molecular weight is 581 g/mol. The van der Waals surface area contributed by atoms with Crippen molar-refractivity contribution in [2.75, 3.05) is 31.2 Å². The predicted octanol–water partition coefficient (Wildman–Crippen LogP) is 4.21. The fourth-order valence-corrected chi connectivity index (χ4v) is 8.47. The highest BCUT2D eigenvalue weighted by molar-refractivity contribution is 7.98. The number of ether oxygens (including phenoxy) is 1. The molecule has 0 radical (unpaired) electrons. The molecule has 5 aliphatic rings. The molecular formula is C32H44N4O4S. The van der Waals surface area contributed by atoms with Crippen LogP contribution in [-0.4, -0.2) is 83.2 Å². The van der Waals surface area contributed by atoms with Crippen LogP contribution in [0.3, 0.4) is 0 Å². The highest BCUT2D eigenvalue weighted by Gasteiger charge is 2.72. The van der Waals surface area contributed by atoms with Crippen molar-refractivity contribution in [1.29, 1.82) is 0 Å². The first-order valence-corrected chi connectivity index (χ1v) is 16.8. The molecule has 4 fully saturated rings. The van der Waals surface area contributed by atoms with Crippen molar-refractivity contribution in [3.8, 4) is 0 Å². The van der Waals surface area contributed by atoms with E-state index in [2.05, 4.69) is 22.5 Å². The Morgan fingerprint density at radius 3 is 2.66 bits per heavy atom. The second-order valence-corrected chi connectivity index (χ2v) is 13.3. The van der Waals surface area contributed by atoms with E-state index in [-0.39, 0.29) is 23.8 Å². The topological polar surface area (TPSA) is 91.0 Å². The third kappa shape index (κ3) is 5.34. The van der Waals surface area contributed by atoms with Gasteiger partial charge in [-0.25, -0.2) is 0 Å². The normalized spacial score (nSPS) is 33.3. The average Bonchev–Trinajstić information content (AvgIpc) is 3.64. The molecular weight excluding hydrogens is 536 g/mol. The summed E-state index contributed by atoms with van der Waals surface area (Å²) in [6.45, 7) is 4.43. The van der Waals surface area contributed by atoms with Crippen LogP contribution in [0.4, 0.5) is 5.69 Å². The molecule has 0 aromatic heterocycles. The first-order valence-electron chi connectivity index (χ1n) is 15.6. The zero-order chi connectivity index (χ0) is 28.6. The van der Waals surface area contributed by atoms with Gasteiger partial charge < -0.3 is 20.3 Å². The van der Waals surface area contributed by atoms with Gasteiger partial charge in [0, 0.05) is 35.8 Å². The van der Waals surface area contributed by atoms with Gasteiger partial charge in [0.1, 0.15) is 11.6 Å². The van der Waals surface area contributed by atoms with Gasteiger partial charge in [-0.05, 0) is 63.1 Å². The van der Waals surface area contributed by atoms with Crippen molar-refractivity contribution in [2.45, 2.75) is 99.4 Å². The van der Waals surface area contributed by atoms with Crippen molar-refractivity contribution >= 4 is 35.2 Å². The van der Waals surface area contributed by atoms with Crippen molar-refractivity contribution in [1.82, 2.24) is 15.1 Å². The molecule has 6 rings (SSSR count). The minimum Gasteiger partial charge on any atom is -0.359 e. The lowest BCUT2D eigenvalue weighted by molar-refractivity contribution is -0.141. The second-order valence-electron chi connectivity index (χ2n) is 12.4. The number of rotatable bonds is 9. The number of amides is 3. The van der Waals surface area contributed by atoms with E-state index in [9.17, 15) is 14.4 Å². The summed E-state index contributed by atoms with van der Waals surface area (Å²) >= 11 is 1.61. The number of carbonyl (C=O) groups is 3. The predicted molar refractivity (Wildman–Crippen MR) is 161 cm³/mol. The number of piperidine rings is 1. The number of anilines is 1. The number of hydrogen-bond donors (Lipinski definition) is 2. The lowest BCUT2D eigenvalue weighted by Crippen LogP contribution is -2.57. The molecule has 6 atom stereocenters. The second kappa shape index (κ2) is 12.1. The lowest BCUT2D eigenvalue weighted by Gasteiger charge is -2.38. The lowest BCUT2D eigenvalue weighted by atomic mass is 9.74. The molecule has 3 amide bonds. The maximum Gasteiger partial charge on any atom is 0.246 e. The van der Waals surface area contributed by atoms with Crippen LogP contribution < -0.4 is 10.6 Å². The summed E-state index contributed by atoms with van der Waals surface area (Å²) in [4.78, 5) is 47.4. The number of fused-ring (bicyclic) bond motifs is 1. The Bertz CT molecular complexity index is 1190. The van der Waals surface area contributed by atoms with Gasteiger partial charge in [0.2, 0.25) is 17.7 Å². The van der Waals surface area contributed by atoms with Gasteiger partial charge in [-0.15, -0.1) is 11.8 Å². The van der Waals surface area contributed by atoms with E-state index < -0.39 is 29.6 Å². The van der Waals surface area contributed by atoms with Crippen molar-refractivity contribution < 1.29 is 19.1 Å². The molecule has 1 aliphatic carbocycles. The number of nitrogens with one attached hydrogen (secondary N) is 2. The van der Waals surface area contributed by atoms with E-state index in [4.69, 9.17) is 4.74 Å². The highest BCUT2D eigenvalue weighted by atomic mass is 32.2. The summed E-state index contributed by atoms with van der Waals surface area (Å²) in [5.41, 5.74) is -0.414. The Morgan fingerprint density at radius 1 is 1.07 bits per heavy atom. The van der Waals surface area contributed by atoms with E-state index in [1.807, 2.05) is 42.7 Å². The van der Waals surface area contributed by atoms with E-state index in [0.29, 0.717) is 18.3 Å². The van der Waals surface area contributed by atoms with E-state index >= 15 is 0 Å². The zero-order valence-electron chi connectivity index (χ0n) is 24.3. The Labute approximate surface area is 248 Å². The molecule has 41 heavy (non-hydrogen) atoms. The maximum atomic E-state index is 14.3. The Morgan fingerprint density at radius 2 is 1.88 bits per heavy atom. The molecule has 4 aliphatic heterocycles. The fourth-order valence-electron chi connectivity index (χ4n) is 8.01. The van der Waals surface area contributed by atoms with Crippen LogP contribution in [0.25, 0.3) is 0 Å². The number of thioether (sulfide) groups is 1. The zero-order valence-corrected chi connectivity index (χ0v) is 25.2. The molecule has 2 bridgehead atoms. The quantitative estimate of drug-likeness (QED) is 0.336. The van der Waals surface area contributed by atoms with Crippen molar-refractivity contribution in [2.24, 2.45) is 11.8 Å². The summed E-state index contributed by atoms with van der Waals surface area (Å²) in [6.07, 6.45) is 15.3. The molecule has 9 heteroatoms. The third-order valence-corrected chi connectivity index (χ3v) is 10.8. The van der Waals surface area contributed by atoms with Gasteiger partial charge in [0.25, 0.3) is 0 Å². The number of carbonyl (C=O) groups excluding carboxylic acids is 3. The summed E-state index contributed by atoms with van der Waals surface area (Å²) in [5.74, 6) is -1.90. The Kier molecular flexibility index (Phi) is 8.48. The van der Waals surface area contributed by atoms with Crippen molar-refractivity contribution in [3.63, 3.8) is 0 Å². The SMILES string of the molecule is CCC1CCCCN1CCN1C(=O)[C@H]2C(C(=O)Nc3cccc(SC)c3)[C@H]3C=CC2(O3)C1C(=O)NC1CCCCC1. The molecule has 4 heterocycles. The summed E-state index contributed by atoms with van der Waals surface area (Å²) in [5, 5.41) is 6.34. The molecule has 1 aromatic rings. The monoisotopic (exact) mass is 580 g/mol. The van der Waals surface area contributed by atoms with Gasteiger partial charge in [-0.1, -0.05) is 50.8 Å². The van der Waals surface area contributed by atoms with Gasteiger partial charge in [-0.2, -0.15) is 0 Å². The maximum absolute atomic E-state index is 14.3. The molecule has 1 saturated carbocycles. The number of likely N-dealkylation sites (tertiary alicyclic amines) is 2. The van der Waals surface area contributed by atoms with Crippen LogP contribution in [0.1, 0.15) is 64.7 Å². The number of benzene rings is 1. The summed E-state index contributed by atoms with van der Waals surface area (Å²) < 4.78 is 6.54. The minimum absolute atomic E-state index is 0.126. The van der Waals surface area contributed by atoms with E-state index in [1.165, 1.54) is 19.3 Å². The van der Waals surface area contributed by atoms with Gasteiger partial charge >= 0.3 is 0 Å². The molecule has 8 nitrogen and oxygen atoms in total. The number of hydrogen-bond acceptors (Lipinski definition) is 6. The van der Waals surface area contributed by atoms with Crippen LogP contribution in [0.5, 0.6) is 0 Å². The summed E-state index contributed by atoms with van der Waals surface area (Å²) in [7, 11) is 0. The van der Waals surface area contributed by atoms with Gasteiger partial charge in [0.05, 0.1) is 17.9 Å². The molecule has 1 spiro atoms. The van der Waals surface area contributed by atoms with Crippen molar-refractivity contribution in [3.05, 3.63) is 36.4 Å². The molecule has 2 N–H and O–H groups in total. The van der Waals surface area contributed by atoms with Crippen LogP contribution in [-0.2, 0) is 19.1 Å². The van der Waals surface area contributed by atoms with E-state index in [1.54, 1.807) is 16.7 Å². The largest absolute Gasteiger partial charge is 0.359 e. The van der Waals surface area contributed by atoms with Crippen LogP contribution >= 0.6 is 11.8 Å². The molecule has 1 aromatic carbocycles. The molecule has 3 saturated heterocycles. The fraction of sp³-hybridized carbons (Fsp3) is 0.656.